The SMILES string of the molecule is COCC(C)S(=O)(=O)CC(=O)O. The number of carbonyl (C=O) groups is 1. The zero-order chi connectivity index (χ0) is 9.78. The van der Waals surface area contributed by atoms with E-state index in [2.05, 4.69) is 4.74 Å². The van der Waals surface area contributed by atoms with Crippen LogP contribution >= 0.6 is 0 Å². The Morgan fingerprint density at radius 2 is 2.08 bits per heavy atom. The molecular weight excluding hydrogens is 184 g/mol. The topological polar surface area (TPSA) is 80.7 Å². The highest BCUT2D eigenvalue weighted by atomic mass is 32.2. The predicted octanol–water partition coefficient (Wildman–Crippen LogP) is -0.479. The number of hydrogen-bond acceptors (Lipinski definition) is 4. The van der Waals surface area contributed by atoms with E-state index in [4.69, 9.17) is 5.11 Å². The summed E-state index contributed by atoms with van der Waals surface area (Å²) in [7, 11) is -2.18. The highest BCUT2D eigenvalue weighted by Gasteiger charge is 2.23. The Morgan fingerprint density at radius 1 is 1.58 bits per heavy atom. The van der Waals surface area contributed by atoms with Crippen LogP contribution in [0.2, 0.25) is 0 Å². The first kappa shape index (κ1) is 11.4. The fraction of sp³-hybridized carbons (Fsp3) is 0.833. The first-order valence-corrected chi connectivity index (χ1v) is 5.04. The Hall–Kier alpha value is -0.620. The van der Waals surface area contributed by atoms with Gasteiger partial charge in [0.1, 0.15) is 5.75 Å². The van der Waals surface area contributed by atoms with Crippen LogP contribution in [0.4, 0.5) is 0 Å². The zero-order valence-electron chi connectivity index (χ0n) is 6.98. The third-order valence-corrected chi connectivity index (χ3v) is 3.35. The maximum absolute atomic E-state index is 11.1. The second-order valence-electron chi connectivity index (χ2n) is 2.47. The van der Waals surface area contributed by atoms with Crippen molar-refractivity contribution in [1.29, 1.82) is 0 Å². The van der Waals surface area contributed by atoms with Gasteiger partial charge in [0.2, 0.25) is 0 Å². The molecule has 0 fully saturated rings. The number of carboxylic acid groups (broad SMARTS) is 1. The summed E-state index contributed by atoms with van der Waals surface area (Å²) in [5.41, 5.74) is 0. The van der Waals surface area contributed by atoms with Crippen LogP contribution < -0.4 is 0 Å². The highest BCUT2D eigenvalue weighted by Crippen LogP contribution is 2.01. The van der Waals surface area contributed by atoms with Crippen molar-refractivity contribution in [3.63, 3.8) is 0 Å². The van der Waals surface area contributed by atoms with Crippen molar-refractivity contribution in [2.75, 3.05) is 19.5 Å². The molecule has 0 heterocycles. The molecular formula is C6H12O5S. The molecule has 0 spiro atoms. The largest absolute Gasteiger partial charge is 0.480 e. The van der Waals surface area contributed by atoms with E-state index in [1.165, 1.54) is 14.0 Å². The van der Waals surface area contributed by atoms with Crippen LogP contribution in [-0.2, 0) is 19.4 Å². The fourth-order valence-electron chi connectivity index (χ4n) is 0.653. The molecule has 1 atom stereocenters. The van der Waals surface area contributed by atoms with Gasteiger partial charge in [-0.3, -0.25) is 4.79 Å². The minimum Gasteiger partial charge on any atom is -0.480 e. The van der Waals surface area contributed by atoms with Crippen molar-refractivity contribution < 1.29 is 23.1 Å². The van der Waals surface area contributed by atoms with Crippen molar-refractivity contribution in [1.82, 2.24) is 0 Å². The molecule has 1 unspecified atom stereocenters. The molecule has 0 saturated carbocycles. The summed E-state index contributed by atoms with van der Waals surface area (Å²) in [6.07, 6.45) is 0. The number of aliphatic carboxylic acids is 1. The lowest BCUT2D eigenvalue weighted by Gasteiger charge is -2.08. The molecule has 0 amide bonds. The smallest absolute Gasteiger partial charge is 0.318 e. The van der Waals surface area contributed by atoms with Crippen LogP contribution in [0, 0.1) is 0 Å². The molecule has 0 aliphatic rings. The average molecular weight is 196 g/mol. The van der Waals surface area contributed by atoms with E-state index in [9.17, 15) is 13.2 Å². The Labute approximate surface area is 71.3 Å². The van der Waals surface area contributed by atoms with Gasteiger partial charge in [0.15, 0.2) is 9.84 Å². The molecule has 12 heavy (non-hydrogen) atoms. The molecule has 0 aromatic carbocycles. The van der Waals surface area contributed by atoms with Crippen molar-refractivity contribution in [2.45, 2.75) is 12.2 Å². The fourth-order valence-corrected chi connectivity index (χ4v) is 1.62. The van der Waals surface area contributed by atoms with E-state index in [0.29, 0.717) is 0 Å². The first-order valence-electron chi connectivity index (χ1n) is 3.32. The van der Waals surface area contributed by atoms with Gasteiger partial charge in [-0.15, -0.1) is 0 Å². The van der Waals surface area contributed by atoms with E-state index < -0.39 is 26.8 Å². The standard InChI is InChI=1S/C6H12O5S/c1-5(3-11-2)12(9,10)4-6(7)8/h5H,3-4H2,1-2H3,(H,7,8). The third kappa shape index (κ3) is 3.68. The lowest BCUT2D eigenvalue weighted by atomic mass is 10.5. The molecule has 0 aromatic heterocycles. The quantitative estimate of drug-likeness (QED) is 0.642. The van der Waals surface area contributed by atoms with E-state index >= 15 is 0 Å². The van der Waals surface area contributed by atoms with Crippen LogP contribution in [0.25, 0.3) is 0 Å². The van der Waals surface area contributed by atoms with Crippen molar-refractivity contribution in [3.05, 3.63) is 0 Å². The van der Waals surface area contributed by atoms with Gasteiger partial charge in [0, 0.05) is 7.11 Å². The maximum Gasteiger partial charge on any atom is 0.318 e. The van der Waals surface area contributed by atoms with Crippen molar-refractivity contribution >= 4 is 15.8 Å². The summed E-state index contributed by atoms with van der Waals surface area (Å²) in [5.74, 6) is -2.17. The summed E-state index contributed by atoms with van der Waals surface area (Å²) in [5, 5.41) is 7.48. The molecule has 0 aromatic rings. The van der Waals surface area contributed by atoms with Gasteiger partial charge in [-0.2, -0.15) is 0 Å². The number of methoxy groups -OCH3 is 1. The Morgan fingerprint density at radius 3 is 2.42 bits per heavy atom. The molecule has 0 aliphatic heterocycles. The number of carboxylic acids is 1. The second kappa shape index (κ2) is 4.42. The molecule has 1 N–H and O–H groups in total. The summed E-state index contributed by atoms with van der Waals surface area (Å²) in [6.45, 7) is 1.44. The highest BCUT2D eigenvalue weighted by molar-refractivity contribution is 7.92. The Kier molecular flexibility index (Phi) is 4.19. The lowest BCUT2D eigenvalue weighted by molar-refractivity contribution is -0.134. The number of hydrogen-bond donors (Lipinski definition) is 1. The van der Waals surface area contributed by atoms with E-state index in [-0.39, 0.29) is 6.61 Å². The van der Waals surface area contributed by atoms with Crippen LogP contribution in [-0.4, -0.2) is 44.2 Å². The molecule has 0 saturated heterocycles. The summed E-state index contributed by atoms with van der Waals surface area (Å²) in [4.78, 5) is 10.1. The maximum atomic E-state index is 11.1. The van der Waals surface area contributed by atoms with E-state index in [0.717, 1.165) is 0 Å². The molecule has 0 aliphatic carbocycles. The lowest BCUT2D eigenvalue weighted by Crippen LogP contribution is -2.28. The molecule has 0 radical (unpaired) electrons. The number of rotatable bonds is 5. The van der Waals surface area contributed by atoms with Gasteiger partial charge in [0.25, 0.3) is 0 Å². The Bertz CT molecular complexity index is 243. The minimum absolute atomic E-state index is 0.0234. The zero-order valence-corrected chi connectivity index (χ0v) is 7.80. The van der Waals surface area contributed by atoms with Crippen LogP contribution in [0.5, 0.6) is 0 Å². The Balaban J connectivity index is 4.30. The predicted molar refractivity (Wildman–Crippen MR) is 42.8 cm³/mol. The number of ether oxygens (including phenoxy) is 1. The van der Waals surface area contributed by atoms with Crippen molar-refractivity contribution in [2.24, 2.45) is 0 Å². The van der Waals surface area contributed by atoms with Gasteiger partial charge in [-0.05, 0) is 6.92 Å². The van der Waals surface area contributed by atoms with Crippen LogP contribution in [0.1, 0.15) is 6.92 Å². The molecule has 72 valence electrons. The average Bonchev–Trinajstić information content (AvgIpc) is 1.85. The van der Waals surface area contributed by atoms with Gasteiger partial charge in [0.05, 0.1) is 11.9 Å². The molecule has 6 heteroatoms. The summed E-state index contributed by atoms with van der Waals surface area (Å²) in [6, 6.07) is 0. The van der Waals surface area contributed by atoms with Gasteiger partial charge in [-0.1, -0.05) is 0 Å². The number of sulfone groups is 1. The minimum atomic E-state index is -3.55. The van der Waals surface area contributed by atoms with E-state index in [1.807, 2.05) is 0 Å². The third-order valence-electron chi connectivity index (χ3n) is 1.34. The second-order valence-corrected chi connectivity index (χ2v) is 4.89. The van der Waals surface area contributed by atoms with E-state index in [1.54, 1.807) is 0 Å². The van der Waals surface area contributed by atoms with Crippen LogP contribution in [0.15, 0.2) is 0 Å². The molecule has 5 nitrogen and oxygen atoms in total. The molecule has 0 rings (SSSR count). The van der Waals surface area contributed by atoms with Gasteiger partial charge in [-0.25, -0.2) is 8.42 Å². The summed E-state index contributed by atoms with van der Waals surface area (Å²) < 4.78 is 26.7. The van der Waals surface area contributed by atoms with Crippen molar-refractivity contribution in [3.8, 4) is 0 Å². The normalized spacial score (nSPS) is 14.2. The van der Waals surface area contributed by atoms with Gasteiger partial charge >= 0.3 is 5.97 Å². The molecule has 0 bridgehead atoms. The van der Waals surface area contributed by atoms with Gasteiger partial charge < -0.3 is 9.84 Å². The monoisotopic (exact) mass is 196 g/mol. The van der Waals surface area contributed by atoms with Crippen LogP contribution in [0.3, 0.4) is 0 Å². The first-order chi connectivity index (χ1) is 5.40. The summed E-state index contributed by atoms with van der Waals surface area (Å²) >= 11 is 0.